The SMILES string of the molecule is COc1cc(C)c(-c2nc3ccccc3c(=O)n2N=Cc2cc(Br)cc(OC)c2OCc2ccc(Br)cc2Br)cc1C(C)C. The molecule has 7 nitrogen and oxygen atoms in total. The first-order valence-electron chi connectivity index (χ1n) is 13.8. The van der Waals surface area contributed by atoms with Crippen molar-refractivity contribution < 1.29 is 14.2 Å². The molecule has 5 aromatic rings. The molecule has 4 aromatic carbocycles. The first kappa shape index (κ1) is 31.9. The molecule has 1 heterocycles. The summed E-state index contributed by atoms with van der Waals surface area (Å²) in [6.45, 7) is 6.46. The van der Waals surface area contributed by atoms with Crippen LogP contribution in [0, 0.1) is 6.92 Å². The Morgan fingerprint density at radius 1 is 0.932 bits per heavy atom. The Morgan fingerprint density at radius 3 is 2.39 bits per heavy atom. The van der Waals surface area contributed by atoms with Crippen LogP contribution in [0.25, 0.3) is 22.3 Å². The summed E-state index contributed by atoms with van der Waals surface area (Å²) in [6, 6.07) is 20.9. The molecule has 0 bridgehead atoms. The molecule has 0 saturated carbocycles. The Hall–Kier alpha value is -3.47. The number of hydrogen-bond donors (Lipinski definition) is 0. The lowest BCUT2D eigenvalue weighted by Crippen LogP contribution is -2.21. The normalized spacial score (nSPS) is 11.5. The second-order valence-corrected chi connectivity index (χ2v) is 13.1. The summed E-state index contributed by atoms with van der Waals surface area (Å²) in [7, 11) is 3.25. The van der Waals surface area contributed by atoms with Gasteiger partial charge in [0.15, 0.2) is 17.3 Å². The molecule has 0 fully saturated rings. The fraction of sp³-hybridized carbons (Fsp3) is 0.206. The predicted molar refractivity (Wildman–Crippen MR) is 187 cm³/mol. The third-order valence-corrected chi connectivity index (χ3v) is 8.85. The van der Waals surface area contributed by atoms with Crippen LogP contribution in [0.5, 0.6) is 17.2 Å². The van der Waals surface area contributed by atoms with E-state index in [0.717, 1.165) is 41.4 Å². The second kappa shape index (κ2) is 13.7. The van der Waals surface area contributed by atoms with E-state index in [1.807, 2.05) is 67.6 Å². The summed E-state index contributed by atoms with van der Waals surface area (Å²) in [6.07, 6.45) is 1.60. The maximum Gasteiger partial charge on any atom is 0.282 e. The molecule has 226 valence electrons. The highest BCUT2D eigenvalue weighted by molar-refractivity contribution is 9.11. The molecular weight excluding hydrogens is 754 g/mol. The topological polar surface area (TPSA) is 74.9 Å². The summed E-state index contributed by atoms with van der Waals surface area (Å²) < 4.78 is 21.6. The van der Waals surface area contributed by atoms with Gasteiger partial charge in [-0.2, -0.15) is 9.78 Å². The summed E-state index contributed by atoms with van der Waals surface area (Å²) in [5, 5.41) is 5.20. The number of aryl methyl sites for hydroxylation is 1. The van der Waals surface area contributed by atoms with Crippen molar-refractivity contribution in [1.82, 2.24) is 9.66 Å². The van der Waals surface area contributed by atoms with Crippen molar-refractivity contribution in [2.75, 3.05) is 14.2 Å². The van der Waals surface area contributed by atoms with Crippen molar-refractivity contribution in [1.29, 1.82) is 0 Å². The summed E-state index contributed by atoms with van der Waals surface area (Å²) in [5.74, 6) is 2.41. The highest BCUT2D eigenvalue weighted by Crippen LogP contribution is 2.36. The van der Waals surface area contributed by atoms with Gasteiger partial charge in [0.05, 0.1) is 31.3 Å². The number of para-hydroxylation sites is 1. The van der Waals surface area contributed by atoms with E-state index in [4.69, 9.17) is 24.3 Å². The molecule has 0 radical (unpaired) electrons. The smallest absolute Gasteiger partial charge is 0.282 e. The highest BCUT2D eigenvalue weighted by Gasteiger charge is 2.19. The molecule has 0 amide bonds. The summed E-state index contributed by atoms with van der Waals surface area (Å²) in [5.41, 5.74) is 4.58. The molecule has 0 spiro atoms. The Kier molecular flexibility index (Phi) is 9.92. The van der Waals surface area contributed by atoms with Crippen LogP contribution in [-0.4, -0.2) is 30.1 Å². The van der Waals surface area contributed by atoms with Crippen molar-refractivity contribution in [2.45, 2.75) is 33.3 Å². The van der Waals surface area contributed by atoms with Crippen LogP contribution in [0.4, 0.5) is 0 Å². The number of fused-ring (bicyclic) bond motifs is 1. The molecule has 0 N–H and O–H groups in total. The van der Waals surface area contributed by atoms with Gasteiger partial charge < -0.3 is 14.2 Å². The first-order chi connectivity index (χ1) is 21.1. The van der Waals surface area contributed by atoms with Gasteiger partial charge in [-0.15, -0.1) is 0 Å². The van der Waals surface area contributed by atoms with Crippen molar-refractivity contribution in [3.8, 4) is 28.6 Å². The third kappa shape index (κ3) is 6.62. The molecule has 0 aliphatic rings. The number of aromatic nitrogens is 2. The molecule has 44 heavy (non-hydrogen) atoms. The quantitative estimate of drug-likeness (QED) is 0.140. The van der Waals surface area contributed by atoms with E-state index in [2.05, 4.69) is 61.6 Å². The number of hydrogen-bond acceptors (Lipinski definition) is 6. The molecule has 10 heteroatoms. The average Bonchev–Trinajstić information content (AvgIpc) is 3.00. The van der Waals surface area contributed by atoms with Gasteiger partial charge in [-0.25, -0.2) is 4.98 Å². The van der Waals surface area contributed by atoms with Crippen LogP contribution in [0.3, 0.4) is 0 Å². The van der Waals surface area contributed by atoms with Gasteiger partial charge in [-0.05, 0) is 72.5 Å². The zero-order valence-electron chi connectivity index (χ0n) is 24.8. The van der Waals surface area contributed by atoms with Gasteiger partial charge in [0.25, 0.3) is 5.56 Å². The minimum Gasteiger partial charge on any atom is -0.496 e. The van der Waals surface area contributed by atoms with Crippen LogP contribution in [-0.2, 0) is 6.61 Å². The number of benzene rings is 4. The Bertz CT molecular complexity index is 1950. The van der Waals surface area contributed by atoms with E-state index in [0.29, 0.717) is 33.8 Å². The van der Waals surface area contributed by atoms with Crippen LogP contribution in [0.2, 0.25) is 0 Å². The molecule has 0 aliphatic heterocycles. The van der Waals surface area contributed by atoms with Crippen molar-refractivity contribution in [3.05, 3.63) is 113 Å². The minimum absolute atomic E-state index is 0.188. The van der Waals surface area contributed by atoms with Crippen molar-refractivity contribution >= 4 is 64.9 Å². The predicted octanol–water partition coefficient (Wildman–Crippen LogP) is 9.26. The minimum atomic E-state index is -0.286. The number of ether oxygens (including phenoxy) is 3. The lowest BCUT2D eigenvalue weighted by atomic mass is 9.96. The van der Waals surface area contributed by atoms with Gasteiger partial charge in [0.2, 0.25) is 0 Å². The van der Waals surface area contributed by atoms with Crippen LogP contribution in [0.1, 0.15) is 42.0 Å². The molecule has 0 unspecified atom stereocenters. The van der Waals surface area contributed by atoms with Crippen LogP contribution in [0.15, 0.2) is 90.0 Å². The molecule has 0 aliphatic carbocycles. The van der Waals surface area contributed by atoms with Gasteiger partial charge in [-0.3, -0.25) is 4.79 Å². The monoisotopic (exact) mass is 781 g/mol. The number of halogens is 3. The third-order valence-electron chi connectivity index (χ3n) is 7.16. The standard InChI is InChI=1S/C34H30Br3N3O4/c1-19(2)26-16-27(20(3)12-30(26)42-4)33-39-29-9-7-6-8-25(29)34(41)40(33)38-17-22-13-24(36)15-31(43-5)32(22)44-18-21-10-11-23(35)14-28(21)37/h6-17,19H,18H2,1-5H3. The van der Waals surface area contributed by atoms with Crippen LogP contribution < -0.4 is 19.8 Å². The van der Waals surface area contributed by atoms with Gasteiger partial charge >= 0.3 is 0 Å². The number of rotatable bonds is 9. The molecule has 0 saturated heterocycles. The van der Waals surface area contributed by atoms with E-state index in [1.54, 1.807) is 26.5 Å². The first-order valence-corrected chi connectivity index (χ1v) is 16.2. The highest BCUT2D eigenvalue weighted by atomic mass is 79.9. The molecular formula is C34H30Br3N3O4. The van der Waals surface area contributed by atoms with E-state index >= 15 is 0 Å². The molecule has 1 aromatic heterocycles. The fourth-order valence-corrected chi connectivity index (χ4v) is 6.49. The van der Waals surface area contributed by atoms with Gasteiger partial charge in [0, 0.05) is 30.1 Å². The average molecular weight is 784 g/mol. The van der Waals surface area contributed by atoms with Crippen molar-refractivity contribution in [3.63, 3.8) is 0 Å². The van der Waals surface area contributed by atoms with Crippen molar-refractivity contribution in [2.24, 2.45) is 5.10 Å². The maximum absolute atomic E-state index is 14.0. The lowest BCUT2D eigenvalue weighted by Gasteiger charge is -2.18. The number of methoxy groups -OCH3 is 2. The fourth-order valence-electron chi connectivity index (χ4n) is 4.87. The van der Waals surface area contributed by atoms with E-state index in [9.17, 15) is 4.79 Å². The Balaban J connectivity index is 1.67. The lowest BCUT2D eigenvalue weighted by molar-refractivity contribution is 0.283. The molecule has 5 rings (SSSR count). The second-order valence-electron chi connectivity index (χ2n) is 10.4. The van der Waals surface area contributed by atoms with Gasteiger partial charge in [0.1, 0.15) is 12.4 Å². The zero-order chi connectivity index (χ0) is 31.5. The Labute approximate surface area is 281 Å². The number of nitrogens with zero attached hydrogens (tertiary/aromatic N) is 3. The van der Waals surface area contributed by atoms with E-state index in [1.165, 1.54) is 4.68 Å². The zero-order valence-corrected chi connectivity index (χ0v) is 29.6. The van der Waals surface area contributed by atoms with E-state index in [-0.39, 0.29) is 18.1 Å². The van der Waals surface area contributed by atoms with Crippen LogP contribution >= 0.6 is 47.8 Å². The Morgan fingerprint density at radius 2 is 1.68 bits per heavy atom. The largest absolute Gasteiger partial charge is 0.496 e. The van der Waals surface area contributed by atoms with E-state index < -0.39 is 0 Å². The summed E-state index contributed by atoms with van der Waals surface area (Å²) in [4.78, 5) is 18.9. The maximum atomic E-state index is 14.0. The molecule has 0 atom stereocenters. The van der Waals surface area contributed by atoms with Gasteiger partial charge in [-0.1, -0.05) is 79.8 Å². The summed E-state index contributed by atoms with van der Waals surface area (Å²) >= 11 is 10.7.